The van der Waals surface area contributed by atoms with E-state index < -0.39 is 5.67 Å². The highest BCUT2D eigenvalue weighted by Crippen LogP contribution is 2.21. The van der Waals surface area contributed by atoms with Crippen molar-refractivity contribution in [3.63, 3.8) is 0 Å². The fourth-order valence-corrected chi connectivity index (χ4v) is 1.70. The Balaban J connectivity index is 1.90. The standard InChI is InChI=1S/C11H15FN2O/c12-11(5-6-13-7-11)8-14-9-1-3-10(15)4-2-9/h1-4,13-15H,5-8H2. The van der Waals surface area contributed by atoms with Gasteiger partial charge in [-0.15, -0.1) is 0 Å². The molecular formula is C11H15FN2O. The molecule has 2 rings (SSSR count). The van der Waals surface area contributed by atoms with Crippen LogP contribution in [0.15, 0.2) is 24.3 Å². The van der Waals surface area contributed by atoms with E-state index >= 15 is 0 Å². The second-order valence-corrected chi connectivity index (χ2v) is 3.98. The highest BCUT2D eigenvalue weighted by Gasteiger charge is 2.33. The average molecular weight is 210 g/mol. The van der Waals surface area contributed by atoms with Gasteiger partial charge in [0.2, 0.25) is 0 Å². The average Bonchev–Trinajstić information content (AvgIpc) is 2.65. The number of benzene rings is 1. The van der Waals surface area contributed by atoms with Gasteiger partial charge in [-0.05, 0) is 37.2 Å². The SMILES string of the molecule is Oc1ccc(NCC2(F)CCNC2)cc1. The molecule has 0 radical (unpaired) electrons. The molecule has 0 bridgehead atoms. The molecule has 0 aliphatic carbocycles. The van der Waals surface area contributed by atoms with E-state index in [0.717, 1.165) is 12.2 Å². The molecule has 0 amide bonds. The van der Waals surface area contributed by atoms with Crippen LogP contribution in [0, 0.1) is 0 Å². The lowest BCUT2D eigenvalue weighted by Crippen LogP contribution is -2.34. The maximum Gasteiger partial charge on any atom is 0.141 e. The van der Waals surface area contributed by atoms with Crippen LogP contribution in [0.4, 0.5) is 10.1 Å². The molecule has 4 heteroatoms. The van der Waals surface area contributed by atoms with Crippen molar-refractivity contribution in [2.75, 3.05) is 25.0 Å². The summed E-state index contributed by atoms with van der Waals surface area (Å²) in [7, 11) is 0. The van der Waals surface area contributed by atoms with Crippen LogP contribution in [0.3, 0.4) is 0 Å². The molecule has 0 saturated carbocycles. The minimum absolute atomic E-state index is 0.220. The van der Waals surface area contributed by atoms with Gasteiger partial charge in [0.15, 0.2) is 0 Å². The molecule has 0 aromatic heterocycles. The third-order valence-corrected chi connectivity index (χ3v) is 2.67. The Morgan fingerprint density at radius 3 is 2.73 bits per heavy atom. The summed E-state index contributed by atoms with van der Waals surface area (Å²) in [5, 5.41) is 15.1. The molecule has 1 aromatic rings. The molecule has 0 spiro atoms. The van der Waals surface area contributed by atoms with Crippen molar-refractivity contribution in [1.82, 2.24) is 5.32 Å². The van der Waals surface area contributed by atoms with Crippen molar-refractivity contribution in [3.05, 3.63) is 24.3 Å². The number of hydrogen-bond donors (Lipinski definition) is 3. The summed E-state index contributed by atoms with van der Waals surface area (Å²) in [6.45, 7) is 1.47. The van der Waals surface area contributed by atoms with E-state index in [1.54, 1.807) is 24.3 Å². The summed E-state index contributed by atoms with van der Waals surface area (Å²) in [6.07, 6.45) is 0.554. The predicted octanol–water partition coefficient (Wildman–Crippen LogP) is 1.51. The predicted molar refractivity (Wildman–Crippen MR) is 57.9 cm³/mol. The van der Waals surface area contributed by atoms with Gasteiger partial charge in [-0.2, -0.15) is 0 Å². The summed E-state index contributed by atoms with van der Waals surface area (Å²) >= 11 is 0. The number of anilines is 1. The Kier molecular flexibility index (Phi) is 2.77. The maximum atomic E-state index is 13.9. The molecule has 1 aliphatic rings. The summed E-state index contributed by atoms with van der Waals surface area (Å²) in [5.74, 6) is 0.220. The summed E-state index contributed by atoms with van der Waals surface area (Å²) in [5.41, 5.74) is -0.311. The van der Waals surface area contributed by atoms with E-state index in [-0.39, 0.29) is 5.75 Å². The van der Waals surface area contributed by atoms with Crippen LogP contribution in [-0.2, 0) is 0 Å². The van der Waals surface area contributed by atoms with E-state index in [0.29, 0.717) is 19.5 Å². The lowest BCUT2D eigenvalue weighted by molar-refractivity contribution is 0.208. The van der Waals surface area contributed by atoms with Gasteiger partial charge in [0.05, 0.1) is 6.54 Å². The first-order chi connectivity index (χ1) is 7.18. The Bertz CT molecular complexity index is 320. The monoisotopic (exact) mass is 210 g/mol. The molecule has 3 nitrogen and oxygen atoms in total. The van der Waals surface area contributed by atoms with Crippen molar-refractivity contribution in [3.8, 4) is 5.75 Å². The zero-order valence-electron chi connectivity index (χ0n) is 8.46. The Hall–Kier alpha value is -1.29. The Morgan fingerprint density at radius 1 is 1.40 bits per heavy atom. The first-order valence-electron chi connectivity index (χ1n) is 5.11. The number of aromatic hydroxyl groups is 1. The van der Waals surface area contributed by atoms with Gasteiger partial charge in [0.25, 0.3) is 0 Å². The van der Waals surface area contributed by atoms with Gasteiger partial charge in [-0.3, -0.25) is 0 Å². The quantitative estimate of drug-likeness (QED) is 0.662. The zero-order chi connectivity index (χ0) is 10.7. The molecule has 1 aliphatic heterocycles. The summed E-state index contributed by atoms with van der Waals surface area (Å²) < 4.78 is 13.9. The number of halogens is 1. The van der Waals surface area contributed by atoms with Crippen LogP contribution in [0.1, 0.15) is 6.42 Å². The Morgan fingerprint density at radius 2 is 2.13 bits per heavy atom. The van der Waals surface area contributed by atoms with Crippen LogP contribution >= 0.6 is 0 Å². The van der Waals surface area contributed by atoms with Gasteiger partial charge in [-0.1, -0.05) is 0 Å². The highest BCUT2D eigenvalue weighted by atomic mass is 19.1. The van der Waals surface area contributed by atoms with Crippen LogP contribution in [-0.4, -0.2) is 30.4 Å². The fourth-order valence-electron chi connectivity index (χ4n) is 1.70. The fraction of sp³-hybridized carbons (Fsp3) is 0.455. The van der Waals surface area contributed by atoms with Crippen molar-refractivity contribution in [2.45, 2.75) is 12.1 Å². The second-order valence-electron chi connectivity index (χ2n) is 3.98. The largest absolute Gasteiger partial charge is 0.508 e. The molecule has 3 N–H and O–H groups in total. The first-order valence-corrected chi connectivity index (χ1v) is 5.11. The van der Waals surface area contributed by atoms with E-state index in [1.165, 1.54) is 0 Å². The second kappa shape index (κ2) is 4.06. The van der Waals surface area contributed by atoms with Gasteiger partial charge < -0.3 is 15.7 Å². The zero-order valence-corrected chi connectivity index (χ0v) is 8.46. The van der Waals surface area contributed by atoms with Gasteiger partial charge in [0, 0.05) is 12.2 Å². The highest BCUT2D eigenvalue weighted by molar-refractivity contribution is 5.46. The smallest absolute Gasteiger partial charge is 0.141 e. The number of rotatable bonds is 3. The lowest BCUT2D eigenvalue weighted by atomic mass is 10.1. The van der Waals surface area contributed by atoms with Crippen LogP contribution < -0.4 is 10.6 Å². The number of hydrogen-bond acceptors (Lipinski definition) is 3. The number of alkyl halides is 1. The van der Waals surface area contributed by atoms with E-state index in [1.807, 2.05) is 0 Å². The lowest BCUT2D eigenvalue weighted by Gasteiger charge is -2.19. The normalized spacial score (nSPS) is 25.4. The molecule has 1 aromatic carbocycles. The number of nitrogens with one attached hydrogen (secondary N) is 2. The van der Waals surface area contributed by atoms with Gasteiger partial charge in [-0.25, -0.2) is 4.39 Å². The third-order valence-electron chi connectivity index (χ3n) is 2.67. The van der Waals surface area contributed by atoms with Crippen molar-refractivity contribution >= 4 is 5.69 Å². The van der Waals surface area contributed by atoms with E-state index in [9.17, 15) is 4.39 Å². The molecule has 1 fully saturated rings. The molecular weight excluding hydrogens is 195 g/mol. The number of phenolic OH excluding ortho intramolecular Hbond substituents is 1. The van der Waals surface area contributed by atoms with Crippen molar-refractivity contribution in [2.24, 2.45) is 0 Å². The van der Waals surface area contributed by atoms with Crippen LogP contribution in [0.2, 0.25) is 0 Å². The van der Waals surface area contributed by atoms with Crippen molar-refractivity contribution in [1.29, 1.82) is 0 Å². The molecule has 1 saturated heterocycles. The van der Waals surface area contributed by atoms with Crippen LogP contribution in [0.25, 0.3) is 0 Å². The van der Waals surface area contributed by atoms with Crippen molar-refractivity contribution < 1.29 is 9.50 Å². The van der Waals surface area contributed by atoms with Crippen LogP contribution in [0.5, 0.6) is 5.75 Å². The molecule has 1 heterocycles. The number of phenols is 1. The summed E-state index contributed by atoms with van der Waals surface area (Å²) in [4.78, 5) is 0. The molecule has 15 heavy (non-hydrogen) atoms. The van der Waals surface area contributed by atoms with Gasteiger partial charge >= 0.3 is 0 Å². The first kappa shape index (κ1) is 10.2. The Labute approximate surface area is 88.3 Å². The van der Waals surface area contributed by atoms with Gasteiger partial charge in [0.1, 0.15) is 11.4 Å². The molecule has 1 atom stereocenters. The molecule has 82 valence electrons. The minimum atomic E-state index is -1.14. The third kappa shape index (κ3) is 2.59. The minimum Gasteiger partial charge on any atom is -0.508 e. The maximum absolute atomic E-state index is 13.9. The topological polar surface area (TPSA) is 44.3 Å². The summed E-state index contributed by atoms with van der Waals surface area (Å²) in [6, 6.07) is 6.64. The van der Waals surface area contributed by atoms with E-state index in [4.69, 9.17) is 5.11 Å². The molecule has 1 unspecified atom stereocenters. The van der Waals surface area contributed by atoms with E-state index in [2.05, 4.69) is 10.6 Å².